The summed E-state index contributed by atoms with van der Waals surface area (Å²) in [5.74, 6) is 0.294. The molecule has 1 aromatic carbocycles. The average molecular weight is 317 g/mol. The van der Waals surface area contributed by atoms with Crippen LogP contribution in [0, 0.1) is 5.82 Å². The van der Waals surface area contributed by atoms with Gasteiger partial charge in [-0.15, -0.1) is 11.6 Å². The van der Waals surface area contributed by atoms with E-state index in [4.69, 9.17) is 16.3 Å². The summed E-state index contributed by atoms with van der Waals surface area (Å²) in [4.78, 5) is 4.12. The molecule has 1 aromatic heterocycles. The second-order valence-electron chi connectivity index (χ2n) is 3.28. The number of ether oxygens (including phenoxy) is 1. The summed E-state index contributed by atoms with van der Waals surface area (Å²) in [5.41, 5.74) is 0.680. The summed E-state index contributed by atoms with van der Waals surface area (Å²) in [6, 6.07) is 9.66. The molecule has 0 aliphatic carbocycles. The van der Waals surface area contributed by atoms with Crippen LogP contribution < -0.4 is 4.74 Å². The van der Waals surface area contributed by atoms with Crippen molar-refractivity contribution < 1.29 is 9.13 Å². The zero-order chi connectivity index (χ0) is 12.3. The molecule has 1 heterocycles. The Morgan fingerprint density at radius 2 is 2.12 bits per heavy atom. The largest absolute Gasteiger partial charge is 0.436 e. The van der Waals surface area contributed by atoms with Crippen molar-refractivity contribution >= 4 is 27.5 Å². The van der Waals surface area contributed by atoms with Gasteiger partial charge in [0.2, 0.25) is 5.88 Å². The highest BCUT2D eigenvalue weighted by Crippen LogP contribution is 2.26. The van der Waals surface area contributed by atoms with E-state index in [2.05, 4.69) is 20.9 Å². The highest BCUT2D eigenvalue weighted by Gasteiger charge is 2.06. The van der Waals surface area contributed by atoms with Crippen LogP contribution in [0.2, 0.25) is 0 Å². The third-order valence-corrected chi connectivity index (χ3v) is 2.79. The Balaban J connectivity index is 2.27. The molecule has 2 aromatic rings. The summed E-state index contributed by atoms with van der Waals surface area (Å²) in [5, 5.41) is 0. The summed E-state index contributed by atoms with van der Waals surface area (Å²) in [7, 11) is 0. The van der Waals surface area contributed by atoms with Crippen LogP contribution in [0.3, 0.4) is 0 Å². The van der Waals surface area contributed by atoms with Gasteiger partial charge < -0.3 is 4.74 Å². The number of hydrogen-bond donors (Lipinski definition) is 0. The fourth-order valence-electron chi connectivity index (χ4n) is 1.26. The number of hydrogen-bond acceptors (Lipinski definition) is 2. The first-order valence-electron chi connectivity index (χ1n) is 4.84. The Hall–Kier alpha value is -1.13. The highest BCUT2D eigenvalue weighted by molar-refractivity contribution is 9.10. The van der Waals surface area contributed by atoms with Crippen LogP contribution in [0.1, 0.15) is 5.69 Å². The van der Waals surface area contributed by atoms with E-state index in [-0.39, 0.29) is 11.6 Å². The molecule has 2 nitrogen and oxygen atoms in total. The standard InChI is InChI=1S/C12H8BrClFNO/c13-8-4-5-10(15)11(6-8)17-12-3-1-2-9(7-14)16-12/h1-6H,7H2. The number of pyridine rings is 1. The number of alkyl halides is 1. The van der Waals surface area contributed by atoms with Gasteiger partial charge in [0.15, 0.2) is 11.6 Å². The minimum Gasteiger partial charge on any atom is -0.436 e. The molecule has 5 heteroatoms. The Labute approximate surface area is 112 Å². The molecule has 0 saturated heterocycles. The van der Waals surface area contributed by atoms with Gasteiger partial charge in [0.05, 0.1) is 11.6 Å². The predicted octanol–water partition coefficient (Wildman–Crippen LogP) is 4.51. The normalized spacial score (nSPS) is 10.3. The van der Waals surface area contributed by atoms with Gasteiger partial charge in [-0.1, -0.05) is 22.0 Å². The van der Waals surface area contributed by atoms with E-state index in [1.807, 2.05) is 0 Å². The van der Waals surface area contributed by atoms with Crippen LogP contribution in [0.5, 0.6) is 11.6 Å². The first-order chi connectivity index (χ1) is 8.19. The second kappa shape index (κ2) is 5.47. The summed E-state index contributed by atoms with van der Waals surface area (Å²) >= 11 is 8.91. The van der Waals surface area contributed by atoms with E-state index in [1.54, 1.807) is 30.3 Å². The van der Waals surface area contributed by atoms with Gasteiger partial charge in [0, 0.05) is 10.5 Å². The van der Waals surface area contributed by atoms with Crippen molar-refractivity contribution in [2.24, 2.45) is 0 Å². The van der Waals surface area contributed by atoms with Crippen LogP contribution in [-0.2, 0) is 5.88 Å². The van der Waals surface area contributed by atoms with E-state index in [9.17, 15) is 4.39 Å². The van der Waals surface area contributed by atoms with Crippen molar-refractivity contribution in [1.29, 1.82) is 0 Å². The number of halogens is 3. The van der Waals surface area contributed by atoms with Gasteiger partial charge in [0.1, 0.15) is 0 Å². The van der Waals surface area contributed by atoms with Gasteiger partial charge in [-0.2, -0.15) is 0 Å². The maximum Gasteiger partial charge on any atom is 0.219 e. The molecule has 0 N–H and O–H groups in total. The van der Waals surface area contributed by atoms with Gasteiger partial charge >= 0.3 is 0 Å². The first kappa shape index (κ1) is 12.3. The van der Waals surface area contributed by atoms with E-state index in [0.717, 1.165) is 4.47 Å². The van der Waals surface area contributed by atoms with Gasteiger partial charge in [-0.25, -0.2) is 9.37 Å². The third kappa shape index (κ3) is 3.17. The molecule has 0 saturated carbocycles. The topological polar surface area (TPSA) is 22.1 Å². The van der Waals surface area contributed by atoms with E-state index < -0.39 is 5.82 Å². The Morgan fingerprint density at radius 1 is 1.29 bits per heavy atom. The van der Waals surface area contributed by atoms with Crippen LogP contribution >= 0.6 is 27.5 Å². The van der Waals surface area contributed by atoms with Crippen molar-refractivity contribution in [2.75, 3.05) is 0 Å². The Bertz CT molecular complexity index is 536. The molecule has 2 rings (SSSR count). The molecule has 0 atom stereocenters. The van der Waals surface area contributed by atoms with Gasteiger partial charge in [0.25, 0.3) is 0 Å². The minimum absolute atomic E-state index is 0.124. The highest BCUT2D eigenvalue weighted by atomic mass is 79.9. The zero-order valence-electron chi connectivity index (χ0n) is 8.66. The van der Waals surface area contributed by atoms with Crippen LogP contribution in [0.25, 0.3) is 0 Å². The smallest absolute Gasteiger partial charge is 0.219 e. The Kier molecular flexibility index (Phi) is 3.97. The molecule has 17 heavy (non-hydrogen) atoms. The molecule has 0 amide bonds. The summed E-state index contributed by atoms with van der Waals surface area (Å²) < 4.78 is 19.5. The lowest BCUT2D eigenvalue weighted by molar-refractivity contribution is 0.426. The van der Waals surface area contributed by atoms with E-state index in [1.165, 1.54) is 6.07 Å². The van der Waals surface area contributed by atoms with E-state index >= 15 is 0 Å². The molecule has 0 spiro atoms. The predicted molar refractivity (Wildman–Crippen MR) is 68.0 cm³/mol. The van der Waals surface area contributed by atoms with Crippen molar-refractivity contribution in [2.45, 2.75) is 5.88 Å². The number of rotatable bonds is 3. The molecule has 0 aliphatic rings. The Morgan fingerprint density at radius 3 is 2.88 bits per heavy atom. The monoisotopic (exact) mass is 315 g/mol. The number of nitrogens with zero attached hydrogens (tertiary/aromatic N) is 1. The summed E-state index contributed by atoms with van der Waals surface area (Å²) in [6.45, 7) is 0. The van der Waals surface area contributed by atoms with Crippen molar-refractivity contribution in [3.8, 4) is 11.6 Å². The SMILES string of the molecule is Fc1ccc(Br)cc1Oc1cccc(CCl)n1. The quantitative estimate of drug-likeness (QED) is 0.777. The molecule has 0 fully saturated rings. The van der Waals surface area contributed by atoms with Crippen LogP contribution in [0.15, 0.2) is 40.9 Å². The molecule has 0 aliphatic heterocycles. The van der Waals surface area contributed by atoms with Crippen molar-refractivity contribution in [3.63, 3.8) is 0 Å². The zero-order valence-corrected chi connectivity index (χ0v) is 11.0. The van der Waals surface area contributed by atoms with Crippen LogP contribution in [-0.4, -0.2) is 4.98 Å². The van der Waals surface area contributed by atoms with Gasteiger partial charge in [-0.3, -0.25) is 0 Å². The van der Waals surface area contributed by atoms with Crippen molar-refractivity contribution in [3.05, 3.63) is 52.4 Å². The molecule has 0 radical (unpaired) electrons. The number of benzene rings is 1. The maximum absolute atomic E-state index is 13.4. The molecular formula is C12H8BrClFNO. The van der Waals surface area contributed by atoms with Crippen LogP contribution in [0.4, 0.5) is 4.39 Å². The molecule has 0 unspecified atom stereocenters. The average Bonchev–Trinajstić information content (AvgIpc) is 2.34. The lowest BCUT2D eigenvalue weighted by Gasteiger charge is -2.06. The fourth-order valence-corrected chi connectivity index (χ4v) is 1.75. The lowest BCUT2D eigenvalue weighted by Crippen LogP contribution is -1.93. The van der Waals surface area contributed by atoms with Crippen molar-refractivity contribution in [1.82, 2.24) is 4.98 Å². The van der Waals surface area contributed by atoms with Gasteiger partial charge in [-0.05, 0) is 24.3 Å². The lowest BCUT2D eigenvalue weighted by atomic mass is 10.3. The van der Waals surface area contributed by atoms with E-state index in [0.29, 0.717) is 11.6 Å². The molecule has 0 bridgehead atoms. The minimum atomic E-state index is -0.439. The molecule has 88 valence electrons. The summed E-state index contributed by atoms with van der Waals surface area (Å²) in [6.07, 6.45) is 0. The molecular weight excluding hydrogens is 308 g/mol. The second-order valence-corrected chi connectivity index (χ2v) is 4.46. The first-order valence-corrected chi connectivity index (χ1v) is 6.16. The third-order valence-electron chi connectivity index (χ3n) is 2.03. The maximum atomic E-state index is 13.4. The fraction of sp³-hybridized carbons (Fsp3) is 0.0833. The number of aromatic nitrogens is 1.